The van der Waals surface area contributed by atoms with Gasteiger partial charge in [-0.05, 0) is 34.7 Å². The molecule has 1 aliphatic heterocycles. The van der Waals surface area contributed by atoms with E-state index in [2.05, 4.69) is 27.9 Å². The first-order valence-corrected chi connectivity index (χ1v) is 5.22. The predicted octanol–water partition coefficient (Wildman–Crippen LogP) is 2.14. The summed E-state index contributed by atoms with van der Waals surface area (Å²) in [5, 5.41) is 3.15. The van der Waals surface area contributed by atoms with Crippen LogP contribution in [0, 0.1) is 3.57 Å². The summed E-state index contributed by atoms with van der Waals surface area (Å²) in [6.07, 6.45) is 1.48. The zero-order chi connectivity index (χ0) is 9.97. The third-order valence-electron chi connectivity index (χ3n) is 1.83. The first kappa shape index (κ1) is 9.51. The molecule has 0 bridgehead atoms. The van der Waals surface area contributed by atoms with Crippen molar-refractivity contribution in [2.45, 2.75) is 0 Å². The summed E-state index contributed by atoms with van der Waals surface area (Å²) in [6.45, 7) is 0.337. The highest BCUT2D eigenvalue weighted by atomic mass is 127. The van der Waals surface area contributed by atoms with E-state index in [1.165, 1.54) is 6.08 Å². The highest BCUT2D eigenvalue weighted by molar-refractivity contribution is 14.1. The van der Waals surface area contributed by atoms with E-state index in [-0.39, 0.29) is 5.97 Å². The van der Waals surface area contributed by atoms with Crippen LogP contribution in [0.3, 0.4) is 0 Å². The first-order valence-electron chi connectivity index (χ1n) is 4.14. The van der Waals surface area contributed by atoms with Crippen LogP contribution < -0.4 is 5.32 Å². The molecule has 0 unspecified atom stereocenters. The van der Waals surface area contributed by atoms with Crippen molar-refractivity contribution in [1.82, 2.24) is 0 Å². The zero-order valence-electron chi connectivity index (χ0n) is 7.29. The fourth-order valence-corrected chi connectivity index (χ4v) is 1.70. The van der Waals surface area contributed by atoms with Gasteiger partial charge in [-0.3, -0.25) is 0 Å². The van der Waals surface area contributed by atoms with Crippen LogP contribution in [0.25, 0.3) is 0 Å². The molecule has 0 aromatic heterocycles. The van der Waals surface area contributed by atoms with E-state index < -0.39 is 0 Å². The number of esters is 1. The lowest BCUT2D eigenvalue weighted by Gasteiger charge is -2.07. The van der Waals surface area contributed by atoms with Gasteiger partial charge in [-0.2, -0.15) is 0 Å². The molecule has 0 spiro atoms. The zero-order valence-corrected chi connectivity index (χ0v) is 9.45. The van der Waals surface area contributed by atoms with Crippen LogP contribution >= 0.6 is 22.6 Å². The minimum Gasteiger partial charge on any atom is -0.456 e. The molecule has 0 atom stereocenters. The molecule has 14 heavy (non-hydrogen) atoms. The smallest absolute Gasteiger partial charge is 0.333 e. The van der Waals surface area contributed by atoms with Gasteiger partial charge < -0.3 is 10.1 Å². The molecule has 3 nitrogen and oxygen atoms in total. The van der Waals surface area contributed by atoms with Crippen molar-refractivity contribution >= 4 is 34.2 Å². The number of ether oxygens (including phenoxy) is 1. The number of para-hydroxylation sites is 1. The van der Waals surface area contributed by atoms with Gasteiger partial charge in [0.2, 0.25) is 0 Å². The molecule has 1 aliphatic rings. The van der Waals surface area contributed by atoms with E-state index in [9.17, 15) is 4.79 Å². The monoisotopic (exact) mass is 301 g/mol. The Bertz CT molecular complexity index is 401. The van der Waals surface area contributed by atoms with E-state index in [0.29, 0.717) is 6.61 Å². The summed E-state index contributed by atoms with van der Waals surface area (Å²) in [5.41, 5.74) is 1.80. The maximum absolute atomic E-state index is 10.8. The van der Waals surface area contributed by atoms with Gasteiger partial charge in [-0.25, -0.2) is 4.79 Å². The van der Waals surface area contributed by atoms with Gasteiger partial charge in [0.1, 0.15) is 6.61 Å². The topological polar surface area (TPSA) is 38.3 Å². The molecule has 72 valence electrons. The van der Waals surface area contributed by atoms with Gasteiger partial charge in [-0.15, -0.1) is 0 Å². The number of benzene rings is 1. The van der Waals surface area contributed by atoms with Gasteiger partial charge in [-0.1, -0.05) is 12.1 Å². The molecule has 4 heteroatoms. The summed E-state index contributed by atoms with van der Waals surface area (Å²) in [6, 6.07) is 7.88. The van der Waals surface area contributed by atoms with Crippen LogP contribution in [0.4, 0.5) is 5.69 Å². The Balaban J connectivity index is 2.15. The molecule has 1 heterocycles. The van der Waals surface area contributed by atoms with E-state index in [1.54, 1.807) is 0 Å². The second-order valence-corrected chi connectivity index (χ2v) is 4.04. The van der Waals surface area contributed by atoms with Crippen molar-refractivity contribution in [3.8, 4) is 0 Å². The number of carbonyl (C=O) groups excluding carboxylic acids is 1. The normalized spacial score (nSPS) is 14.9. The van der Waals surface area contributed by atoms with Gasteiger partial charge >= 0.3 is 5.97 Å². The second kappa shape index (κ2) is 4.00. The Morgan fingerprint density at radius 1 is 1.36 bits per heavy atom. The van der Waals surface area contributed by atoms with Crippen LogP contribution in [-0.2, 0) is 9.53 Å². The molecular formula is C10H8INO2. The Kier molecular flexibility index (Phi) is 2.72. The third-order valence-corrected chi connectivity index (χ3v) is 2.77. The Hall–Kier alpha value is -1.04. The molecule has 1 aromatic rings. The van der Waals surface area contributed by atoms with Crippen LogP contribution in [0.1, 0.15) is 0 Å². The average Bonchev–Trinajstić information content (AvgIpc) is 2.56. The van der Waals surface area contributed by atoms with Crippen molar-refractivity contribution < 1.29 is 9.53 Å². The number of hydrogen-bond acceptors (Lipinski definition) is 3. The molecule has 2 rings (SSSR count). The van der Waals surface area contributed by atoms with Crippen molar-refractivity contribution in [2.24, 2.45) is 0 Å². The number of cyclic esters (lactones) is 1. The average molecular weight is 301 g/mol. The van der Waals surface area contributed by atoms with Gasteiger partial charge in [0.25, 0.3) is 0 Å². The van der Waals surface area contributed by atoms with Gasteiger partial charge in [0.05, 0.1) is 11.4 Å². The minimum atomic E-state index is -0.279. The van der Waals surface area contributed by atoms with E-state index >= 15 is 0 Å². The number of hydrogen-bond donors (Lipinski definition) is 1. The lowest BCUT2D eigenvalue weighted by atomic mass is 10.3. The van der Waals surface area contributed by atoms with E-state index in [4.69, 9.17) is 4.74 Å². The van der Waals surface area contributed by atoms with Crippen molar-refractivity contribution in [3.05, 3.63) is 39.6 Å². The molecule has 1 aromatic carbocycles. The van der Waals surface area contributed by atoms with Crippen LogP contribution in [0.15, 0.2) is 36.0 Å². The molecule has 1 N–H and O–H groups in total. The quantitative estimate of drug-likeness (QED) is 0.672. The highest BCUT2D eigenvalue weighted by Crippen LogP contribution is 2.20. The molecular weight excluding hydrogens is 293 g/mol. The molecule has 0 saturated heterocycles. The number of anilines is 1. The summed E-state index contributed by atoms with van der Waals surface area (Å²) in [5.74, 6) is -0.279. The maximum Gasteiger partial charge on any atom is 0.333 e. The Labute approximate surface area is 95.3 Å². The summed E-state index contributed by atoms with van der Waals surface area (Å²) in [4.78, 5) is 10.8. The molecule has 0 amide bonds. The predicted molar refractivity (Wildman–Crippen MR) is 61.8 cm³/mol. The summed E-state index contributed by atoms with van der Waals surface area (Å²) in [7, 11) is 0. The SMILES string of the molecule is O=C1C=C(Nc2ccccc2I)CO1. The molecule has 0 saturated carbocycles. The van der Waals surface area contributed by atoms with Gasteiger partial charge in [0.15, 0.2) is 0 Å². The number of nitrogens with one attached hydrogen (secondary N) is 1. The standard InChI is InChI=1S/C10H8INO2/c11-8-3-1-2-4-9(8)12-7-5-10(13)14-6-7/h1-5,12H,6H2. The van der Waals surface area contributed by atoms with Crippen LogP contribution in [0.2, 0.25) is 0 Å². The fraction of sp³-hybridized carbons (Fsp3) is 0.100. The third kappa shape index (κ3) is 2.06. The van der Waals surface area contributed by atoms with Gasteiger partial charge in [0, 0.05) is 9.65 Å². The van der Waals surface area contributed by atoms with Crippen LogP contribution in [0.5, 0.6) is 0 Å². The second-order valence-electron chi connectivity index (χ2n) is 2.88. The lowest BCUT2D eigenvalue weighted by molar-refractivity contribution is -0.134. The maximum atomic E-state index is 10.8. The fourth-order valence-electron chi connectivity index (χ4n) is 1.18. The van der Waals surface area contributed by atoms with Crippen molar-refractivity contribution in [2.75, 3.05) is 11.9 Å². The van der Waals surface area contributed by atoms with Crippen molar-refractivity contribution in [3.63, 3.8) is 0 Å². The lowest BCUT2D eigenvalue weighted by Crippen LogP contribution is -2.02. The van der Waals surface area contributed by atoms with E-state index in [1.807, 2.05) is 24.3 Å². The molecule has 0 fully saturated rings. The summed E-state index contributed by atoms with van der Waals surface area (Å²) < 4.78 is 5.90. The Morgan fingerprint density at radius 3 is 2.79 bits per heavy atom. The summed E-state index contributed by atoms with van der Waals surface area (Å²) >= 11 is 2.24. The minimum absolute atomic E-state index is 0.279. The number of carbonyl (C=O) groups is 1. The largest absolute Gasteiger partial charge is 0.456 e. The molecule has 0 radical (unpaired) electrons. The molecule has 0 aliphatic carbocycles. The number of halogens is 1. The Morgan fingerprint density at radius 2 is 2.14 bits per heavy atom. The van der Waals surface area contributed by atoms with E-state index in [0.717, 1.165) is 15.0 Å². The number of rotatable bonds is 2. The first-order chi connectivity index (χ1) is 6.75. The van der Waals surface area contributed by atoms with Crippen LogP contribution in [-0.4, -0.2) is 12.6 Å². The highest BCUT2D eigenvalue weighted by Gasteiger charge is 2.13. The van der Waals surface area contributed by atoms with Crippen molar-refractivity contribution in [1.29, 1.82) is 0 Å².